The van der Waals surface area contributed by atoms with Crippen LogP contribution in [0.15, 0.2) is 77.8 Å². The summed E-state index contributed by atoms with van der Waals surface area (Å²) in [6, 6.07) is 17.6. The van der Waals surface area contributed by atoms with Crippen LogP contribution in [-0.4, -0.2) is 26.4 Å². The minimum absolute atomic E-state index is 0.0121. The molecule has 150 valence electrons. The van der Waals surface area contributed by atoms with E-state index in [9.17, 15) is 13.2 Å². The number of rotatable bonds is 6. The Hall–Kier alpha value is -2.90. The van der Waals surface area contributed by atoms with Crippen molar-refractivity contribution < 1.29 is 13.2 Å². The Balaban J connectivity index is 1.83. The average molecular weight is 430 g/mol. The van der Waals surface area contributed by atoms with Gasteiger partial charge >= 0.3 is 0 Å². The van der Waals surface area contributed by atoms with Crippen LogP contribution in [0.1, 0.15) is 29.0 Å². The number of amides is 1. The summed E-state index contributed by atoms with van der Waals surface area (Å²) in [6.07, 6.45) is 1.65. The molecular formula is C21H20ClN3O3S. The number of carbonyl (C=O) groups is 1. The number of aromatic nitrogens is 1. The second kappa shape index (κ2) is 8.63. The molecule has 1 amide bonds. The second-order valence-electron chi connectivity index (χ2n) is 6.43. The lowest BCUT2D eigenvalue weighted by atomic mass is 10.1. The highest BCUT2D eigenvalue weighted by Gasteiger charge is 2.23. The summed E-state index contributed by atoms with van der Waals surface area (Å²) in [7, 11) is -2.42. The normalized spacial score (nSPS) is 12.2. The Bertz CT molecular complexity index is 1120. The number of sulfonamides is 1. The first kappa shape index (κ1) is 20.8. The molecule has 1 unspecified atom stereocenters. The largest absolute Gasteiger partial charge is 0.344 e. The Kier molecular flexibility index (Phi) is 6.20. The molecule has 2 aromatic carbocycles. The van der Waals surface area contributed by atoms with Crippen LogP contribution in [0.4, 0.5) is 5.69 Å². The standard InChI is InChI=1S/C21H20ClN3O3S/c1-15(20-11-3-4-12-23-20)24-21(26)16-7-5-10-19(13-16)29(27,28)25(2)18-9-6-8-17(22)14-18/h3-15H,1-2H3,(H,24,26). The fourth-order valence-corrected chi connectivity index (χ4v) is 4.17. The van der Waals surface area contributed by atoms with Crippen molar-refractivity contribution in [3.63, 3.8) is 0 Å². The zero-order valence-corrected chi connectivity index (χ0v) is 17.5. The number of anilines is 1. The Morgan fingerprint density at radius 2 is 1.83 bits per heavy atom. The van der Waals surface area contributed by atoms with Crippen LogP contribution in [0.2, 0.25) is 5.02 Å². The fraction of sp³-hybridized carbons (Fsp3) is 0.143. The van der Waals surface area contributed by atoms with Gasteiger partial charge in [0.1, 0.15) is 0 Å². The molecule has 0 aliphatic rings. The van der Waals surface area contributed by atoms with Gasteiger partial charge in [-0.05, 0) is 55.5 Å². The molecule has 1 heterocycles. The van der Waals surface area contributed by atoms with Gasteiger partial charge in [-0.25, -0.2) is 8.42 Å². The third-order valence-corrected chi connectivity index (χ3v) is 6.42. The molecule has 0 radical (unpaired) electrons. The van der Waals surface area contributed by atoms with E-state index in [1.165, 1.54) is 19.2 Å². The molecule has 29 heavy (non-hydrogen) atoms. The third kappa shape index (κ3) is 4.75. The molecule has 0 aliphatic carbocycles. The van der Waals surface area contributed by atoms with Gasteiger partial charge in [0.25, 0.3) is 15.9 Å². The number of pyridine rings is 1. The van der Waals surface area contributed by atoms with E-state index in [1.807, 2.05) is 19.1 Å². The van der Waals surface area contributed by atoms with Gasteiger partial charge < -0.3 is 5.32 Å². The summed E-state index contributed by atoms with van der Waals surface area (Å²) in [5.74, 6) is -0.384. The SMILES string of the molecule is CC(NC(=O)c1cccc(S(=O)(=O)N(C)c2cccc(Cl)c2)c1)c1ccccn1. The minimum Gasteiger partial charge on any atom is -0.344 e. The van der Waals surface area contributed by atoms with Crippen molar-refractivity contribution in [3.05, 3.63) is 89.2 Å². The Morgan fingerprint density at radius 3 is 2.52 bits per heavy atom. The van der Waals surface area contributed by atoms with E-state index in [-0.39, 0.29) is 22.4 Å². The number of halogens is 1. The van der Waals surface area contributed by atoms with E-state index in [2.05, 4.69) is 10.3 Å². The predicted molar refractivity (Wildman–Crippen MR) is 114 cm³/mol. The number of hydrogen-bond acceptors (Lipinski definition) is 4. The Labute approximate surface area is 175 Å². The lowest BCUT2D eigenvalue weighted by Crippen LogP contribution is -2.29. The lowest BCUT2D eigenvalue weighted by molar-refractivity contribution is 0.0939. The predicted octanol–water partition coefficient (Wildman–Crippen LogP) is 4.05. The highest BCUT2D eigenvalue weighted by Crippen LogP contribution is 2.25. The number of carbonyl (C=O) groups excluding carboxylic acids is 1. The van der Waals surface area contributed by atoms with Crippen LogP contribution in [0.25, 0.3) is 0 Å². The number of benzene rings is 2. The molecule has 0 spiro atoms. The van der Waals surface area contributed by atoms with E-state index >= 15 is 0 Å². The van der Waals surface area contributed by atoms with Crippen LogP contribution < -0.4 is 9.62 Å². The summed E-state index contributed by atoms with van der Waals surface area (Å²) in [5, 5.41) is 3.26. The smallest absolute Gasteiger partial charge is 0.264 e. The molecule has 1 aromatic heterocycles. The van der Waals surface area contributed by atoms with Crippen molar-refractivity contribution >= 4 is 33.2 Å². The topological polar surface area (TPSA) is 79.4 Å². The van der Waals surface area contributed by atoms with Gasteiger partial charge in [-0.1, -0.05) is 29.8 Å². The van der Waals surface area contributed by atoms with Gasteiger partial charge in [-0.2, -0.15) is 0 Å². The molecule has 0 bridgehead atoms. The maximum Gasteiger partial charge on any atom is 0.264 e. The maximum absolute atomic E-state index is 13.0. The van der Waals surface area contributed by atoms with Crippen molar-refractivity contribution in [2.75, 3.05) is 11.4 Å². The summed E-state index contributed by atoms with van der Waals surface area (Å²) >= 11 is 5.97. The third-order valence-electron chi connectivity index (χ3n) is 4.41. The quantitative estimate of drug-likeness (QED) is 0.641. The average Bonchev–Trinajstić information content (AvgIpc) is 2.73. The molecule has 0 saturated heterocycles. The van der Waals surface area contributed by atoms with Crippen molar-refractivity contribution in [1.29, 1.82) is 0 Å². The number of hydrogen-bond donors (Lipinski definition) is 1. The van der Waals surface area contributed by atoms with Crippen LogP contribution >= 0.6 is 11.6 Å². The first-order valence-corrected chi connectivity index (χ1v) is 10.7. The molecule has 3 aromatic rings. The summed E-state index contributed by atoms with van der Waals surface area (Å²) in [4.78, 5) is 16.9. The minimum atomic E-state index is -3.86. The van der Waals surface area contributed by atoms with Crippen molar-refractivity contribution in [2.24, 2.45) is 0 Å². The Morgan fingerprint density at radius 1 is 1.07 bits per heavy atom. The van der Waals surface area contributed by atoms with E-state index in [1.54, 1.807) is 48.7 Å². The summed E-state index contributed by atoms with van der Waals surface area (Å²) < 4.78 is 27.1. The van der Waals surface area contributed by atoms with Gasteiger partial charge in [0.2, 0.25) is 0 Å². The molecule has 1 N–H and O–H groups in total. The van der Waals surface area contributed by atoms with Gasteiger partial charge in [-0.15, -0.1) is 0 Å². The van der Waals surface area contributed by atoms with E-state index in [0.717, 1.165) is 4.31 Å². The highest BCUT2D eigenvalue weighted by atomic mass is 35.5. The molecule has 0 fully saturated rings. The van der Waals surface area contributed by atoms with Gasteiger partial charge in [0.05, 0.1) is 22.3 Å². The van der Waals surface area contributed by atoms with Crippen molar-refractivity contribution in [2.45, 2.75) is 17.9 Å². The molecule has 6 nitrogen and oxygen atoms in total. The summed E-state index contributed by atoms with van der Waals surface area (Å²) in [6.45, 7) is 1.81. The van der Waals surface area contributed by atoms with Crippen LogP contribution in [0.3, 0.4) is 0 Å². The van der Waals surface area contributed by atoms with E-state index in [4.69, 9.17) is 11.6 Å². The number of nitrogens with zero attached hydrogens (tertiary/aromatic N) is 2. The monoisotopic (exact) mass is 429 g/mol. The van der Waals surface area contributed by atoms with Gasteiger partial charge in [0.15, 0.2) is 0 Å². The van der Waals surface area contributed by atoms with Gasteiger partial charge in [0, 0.05) is 23.8 Å². The summed E-state index contributed by atoms with van der Waals surface area (Å²) in [5.41, 5.74) is 1.38. The van der Waals surface area contributed by atoms with E-state index in [0.29, 0.717) is 16.4 Å². The first-order chi connectivity index (χ1) is 13.8. The lowest BCUT2D eigenvalue weighted by Gasteiger charge is -2.20. The zero-order valence-electron chi connectivity index (χ0n) is 15.9. The van der Waals surface area contributed by atoms with Crippen LogP contribution in [-0.2, 0) is 10.0 Å². The van der Waals surface area contributed by atoms with Crippen LogP contribution in [0, 0.1) is 0 Å². The highest BCUT2D eigenvalue weighted by molar-refractivity contribution is 7.92. The molecular weight excluding hydrogens is 410 g/mol. The van der Waals surface area contributed by atoms with Crippen LogP contribution in [0.5, 0.6) is 0 Å². The molecule has 0 saturated carbocycles. The molecule has 8 heteroatoms. The van der Waals surface area contributed by atoms with Gasteiger partial charge in [-0.3, -0.25) is 14.1 Å². The van der Waals surface area contributed by atoms with Crippen molar-refractivity contribution in [1.82, 2.24) is 10.3 Å². The number of nitrogens with one attached hydrogen (secondary N) is 1. The molecule has 3 rings (SSSR count). The molecule has 1 atom stereocenters. The van der Waals surface area contributed by atoms with Crippen molar-refractivity contribution in [3.8, 4) is 0 Å². The first-order valence-electron chi connectivity index (χ1n) is 8.85. The maximum atomic E-state index is 13.0. The zero-order chi connectivity index (χ0) is 21.0. The fourth-order valence-electron chi connectivity index (χ4n) is 2.75. The van der Waals surface area contributed by atoms with E-state index < -0.39 is 10.0 Å². The molecule has 0 aliphatic heterocycles. The second-order valence-corrected chi connectivity index (χ2v) is 8.84.